The summed E-state index contributed by atoms with van der Waals surface area (Å²) in [4.78, 5) is 24.0. The zero-order valence-corrected chi connectivity index (χ0v) is 11.6. The molecule has 2 heterocycles. The van der Waals surface area contributed by atoms with E-state index in [1.807, 2.05) is 0 Å². The Bertz CT molecular complexity index is 710. The average molecular weight is 302 g/mol. The molecule has 1 fully saturated rings. The standard InChI is InChI=1S/C14H14N4O4/c19-13-5-6-16(9-13)14(20)10-7-15-17(8-10)11-1-3-12(4-2-11)18(21)22/h1-4,7-8,13,19H,5-6,9H2/t13-/m1/s1. The largest absolute Gasteiger partial charge is 0.391 e. The predicted octanol–water partition coefficient (Wildman–Crippen LogP) is 0.987. The summed E-state index contributed by atoms with van der Waals surface area (Å²) in [5.41, 5.74) is 1.05. The van der Waals surface area contributed by atoms with Crippen LogP contribution in [0, 0.1) is 10.1 Å². The molecule has 1 aliphatic rings. The summed E-state index contributed by atoms with van der Waals surface area (Å²) in [6, 6.07) is 5.91. The Morgan fingerprint density at radius 1 is 1.36 bits per heavy atom. The van der Waals surface area contributed by atoms with E-state index in [-0.39, 0.29) is 11.6 Å². The third kappa shape index (κ3) is 2.68. The van der Waals surface area contributed by atoms with Crippen molar-refractivity contribution in [2.75, 3.05) is 13.1 Å². The number of benzene rings is 1. The first kappa shape index (κ1) is 14.2. The van der Waals surface area contributed by atoms with Crippen LogP contribution in [0.3, 0.4) is 0 Å². The van der Waals surface area contributed by atoms with Crippen LogP contribution in [0.5, 0.6) is 0 Å². The molecule has 8 heteroatoms. The minimum absolute atomic E-state index is 0.00161. The van der Waals surface area contributed by atoms with Gasteiger partial charge in [0.2, 0.25) is 0 Å². The van der Waals surface area contributed by atoms with E-state index in [2.05, 4.69) is 5.10 Å². The van der Waals surface area contributed by atoms with E-state index in [1.54, 1.807) is 23.2 Å². The number of nitro groups is 1. The number of carbonyl (C=O) groups is 1. The summed E-state index contributed by atoms with van der Waals surface area (Å²) >= 11 is 0. The van der Waals surface area contributed by atoms with Crippen LogP contribution in [0.1, 0.15) is 16.8 Å². The molecule has 1 saturated heterocycles. The first-order chi connectivity index (χ1) is 10.5. The Morgan fingerprint density at radius 2 is 2.09 bits per heavy atom. The Balaban J connectivity index is 1.78. The summed E-state index contributed by atoms with van der Waals surface area (Å²) < 4.78 is 1.49. The molecule has 1 atom stereocenters. The third-order valence-corrected chi connectivity index (χ3v) is 3.61. The summed E-state index contributed by atoms with van der Waals surface area (Å²) in [7, 11) is 0. The number of hydrogen-bond acceptors (Lipinski definition) is 5. The molecule has 22 heavy (non-hydrogen) atoms. The monoisotopic (exact) mass is 302 g/mol. The lowest BCUT2D eigenvalue weighted by atomic mass is 10.3. The molecule has 1 aromatic heterocycles. The molecule has 0 bridgehead atoms. The molecule has 1 aliphatic heterocycles. The number of nitro benzene ring substituents is 1. The number of aromatic nitrogens is 2. The average Bonchev–Trinajstić information content (AvgIpc) is 3.15. The van der Waals surface area contributed by atoms with Crippen LogP contribution < -0.4 is 0 Å². The van der Waals surface area contributed by atoms with Crippen LogP contribution in [-0.4, -0.2) is 49.8 Å². The van der Waals surface area contributed by atoms with Gasteiger partial charge in [-0.25, -0.2) is 4.68 Å². The van der Waals surface area contributed by atoms with Gasteiger partial charge in [0.05, 0.1) is 28.5 Å². The van der Waals surface area contributed by atoms with Gasteiger partial charge in [0.15, 0.2) is 0 Å². The van der Waals surface area contributed by atoms with Crippen LogP contribution in [0.15, 0.2) is 36.7 Å². The second-order valence-corrected chi connectivity index (χ2v) is 5.14. The van der Waals surface area contributed by atoms with Crippen LogP contribution in [0.25, 0.3) is 5.69 Å². The van der Waals surface area contributed by atoms with E-state index in [0.29, 0.717) is 30.8 Å². The molecule has 3 rings (SSSR count). The Labute approximate surface area is 125 Å². The normalized spacial score (nSPS) is 17.7. The van der Waals surface area contributed by atoms with Gasteiger partial charge < -0.3 is 10.0 Å². The lowest BCUT2D eigenvalue weighted by Gasteiger charge is -2.13. The van der Waals surface area contributed by atoms with E-state index in [4.69, 9.17) is 0 Å². The highest BCUT2D eigenvalue weighted by Crippen LogP contribution is 2.17. The van der Waals surface area contributed by atoms with Gasteiger partial charge in [0.25, 0.3) is 11.6 Å². The molecular weight excluding hydrogens is 288 g/mol. The summed E-state index contributed by atoms with van der Waals surface area (Å²) in [5, 5.41) is 24.2. The number of hydrogen-bond donors (Lipinski definition) is 1. The number of aliphatic hydroxyl groups is 1. The molecule has 2 aromatic rings. The van der Waals surface area contributed by atoms with Crippen molar-refractivity contribution in [1.29, 1.82) is 0 Å². The molecule has 0 unspecified atom stereocenters. The molecule has 0 spiro atoms. The molecule has 0 aliphatic carbocycles. The van der Waals surface area contributed by atoms with E-state index >= 15 is 0 Å². The Hall–Kier alpha value is -2.74. The van der Waals surface area contributed by atoms with Gasteiger partial charge in [-0.2, -0.15) is 5.10 Å². The van der Waals surface area contributed by atoms with Crippen molar-refractivity contribution in [3.63, 3.8) is 0 Å². The molecular formula is C14H14N4O4. The maximum absolute atomic E-state index is 12.3. The third-order valence-electron chi connectivity index (χ3n) is 3.61. The van der Waals surface area contributed by atoms with E-state index in [1.165, 1.54) is 23.0 Å². The van der Waals surface area contributed by atoms with Gasteiger partial charge in [-0.1, -0.05) is 0 Å². The number of rotatable bonds is 3. The van der Waals surface area contributed by atoms with Gasteiger partial charge in [-0.05, 0) is 18.6 Å². The highest BCUT2D eigenvalue weighted by atomic mass is 16.6. The highest BCUT2D eigenvalue weighted by molar-refractivity contribution is 5.94. The molecule has 1 N–H and O–H groups in total. The van der Waals surface area contributed by atoms with Crippen molar-refractivity contribution in [3.05, 3.63) is 52.3 Å². The predicted molar refractivity (Wildman–Crippen MR) is 76.7 cm³/mol. The van der Waals surface area contributed by atoms with Crippen LogP contribution in [0.4, 0.5) is 5.69 Å². The molecule has 1 amide bonds. The van der Waals surface area contributed by atoms with Crippen molar-refractivity contribution in [1.82, 2.24) is 14.7 Å². The molecule has 1 aromatic carbocycles. The molecule has 0 saturated carbocycles. The zero-order chi connectivity index (χ0) is 15.7. The molecule has 114 valence electrons. The molecule has 0 radical (unpaired) electrons. The fraction of sp³-hybridized carbons (Fsp3) is 0.286. The number of non-ortho nitro benzene ring substituents is 1. The lowest BCUT2D eigenvalue weighted by molar-refractivity contribution is -0.384. The van der Waals surface area contributed by atoms with Crippen molar-refractivity contribution in [2.24, 2.45) is 0 Å². The van der Waals surface area contributed by atoms with Crippen molar-refractivity contribution in [2.45, 2.75) is 12.5 Å². The van der Waals surface area contributed by atoms with Crippen molar-refractivity contribution < 1.29 is 14.8 Å². The fourth-order valence-corrected chi connectivity index (χ4v) is 2.41. The van der Waals surface area contributed by atoms with Crippen molar-refractivity contribution >= 4 is 11.6 Å². The summed E-state index contributed by atoms with van der Waals surface area (Å²) in [5.74, 6) is -0.176. The van der Waals surface area contributed by atoms with Crippen LogP contribution in [0.2, 0.25) is 0 Å². The number of carbonyl (C=O) groups excluding carboxylic acids is 1. The molecule has 8 nitrogen and oxygen atoms in total. The van der Waals surface area contributed by atoms with E-state index in [9.17, 15) is 20.0 Å². The maximum atomic E-state index is 12.3. The minimum Gasteiger partial charge on any atom is -0.391 e. The quantitative estimate of drug-likeness (QED) is 0.673. The fourth-order valence-electron chi connectivity index (χ4n) is 2.41. The van der Waals surface area contributed by atoms with Crippen LogP contribution in [-0.2, 0) is 0 Å². The highest BCUT2D eigenvalue weighted by Gasteiger charge is 2.26. The maximum Gasteiger partial charge on any atom is 0.269 e. The first-order valence-corrected chi connectivity index (χ1v) is 6.81. The van der Waals surface area contributed by atoms with Gasteiger partial charge in [0, 0.05) is 31.4 Å². The van der Waals surface area contributed by atoms with Gasteiger partial charge in [0.1, 0.15) is 0 Å². The topological polar surface area (TPSA) is 102 Å². The van der Waals surface area contributed by atoms with Gasteiger partial charge in [-0.3, -0.25) is 14.9 Å². The van der Waals surface area contributed by atoms with Crippen LogP contribution >= 0.6 is 0 Å². The number of amides is 1. The second-order valence-electron chi connectivity index (χ2n) is 5.14. The number of likely N-dealkylation sites (tertiary alicyclic amines) is 1. The smallest absolute Gasteiger partial charge is 0.269 e. The minimum atomic E-state index is -0.472. The summed E-state index contributed by atoms with van der Waals surface area (Å²) in [6.45, 7) is 0.865. The zero-order valence-electron chi connectivity index (χ0n) is 11.6. The SMILES string of the molecule is O=C(c1cnn(-c2ccc([N+](=O)[O-])cc2)c1)N1CC[C@@H](O)C1. The Morgan fingerprint density at radius 3 is 2.68 bits per heavy atom. The van der Waals surface area contributed by atoms with Crippen molar-refractivity contribution in [3.8, 4) is 5.69 Å². The first-order valence-electron chi connectivity index (χ1n) is 6.81. The second kappa shape index (κ2) is 5.57. The van der Waals surface area contributed by atoms with Gasteiger partial charge >= 0.3 is 0 Å². The summed E-state index contributed by atoms with van der Waals surface area (Å²) in [6.07, 6.45) is 3.15. The number of β-amino-alcohol motifs (C(OH)–C–C–N with tert-alkyl or cyclic N) is 1. The lowest BCUT2D eigenvalue weighted by Crippen LogP contribution is -2.29. The Kier molecular flexibility index (Phi) is 3.60. The van der Waals surface area contributed by atoms with E-state index in [0.717, 1.165) is 0 Å². The number of aliphatic hydroxyl groups excluding tert-OH is 1. The van der Waals surface area contributed by atoms with E-state index < -0.39 is 11.0 Å². The number of nitrogens with zero attached hydrogens (tertiary/aromatic N) is 4. The van der Waals surface area contributed by atoms with Gasteiger partial charge in [-0.15, -0.1) is 0 Å².